The smallest absolute Gasteiger partial charge is 0.159 e. The van der Waals surface area contributed by atoms with Crippen LogP contribution in [-0.4, -0.2) is 28.6 Å². The Kier molecular flexibility index (Phi) is 6.08. The fraction of sp³-hybridized carbons (Fsp3) is 0.625. The van der Waals surface area contributed by atoms with Crippen molar-refractivity contribution >= 4 is 0 Å². The molecule has 0 amide bonds. The SMILES string of the molecule is CCN(CC)C(CC)(CC)C(O)c1ccc(F)c(F)c1. The lowest BCUT2D eigenvalue weighted by molar-refractivity contribution is -0.0367. The maximum absolute atomic E-state index is 13.4. The van der Waals surface area contributed by atoms with Gasteiger partial charge in [-0.2, -0.15) is 0 Å². The number of aliphatic hydroxyl groups is 1. The van der Waals surface area contributed by atoms with Gasteiger partial charge >= 0.3 is 0 Å². The van der Waals surface area contributed by atoms with Crippen molar-refractivity contribution in [3.63, 3.8) is 0 Å². The first-order valence-electron chi connectivity index (χ1n) is 7.34. The molecule has 0 aromatic heterocycles. The van der Waals surface area contributed by atoms with Gasteiger partial charge in [-0.3, -0.25) is 4.90 Å². The number of halogens is 2. The summed E-state index contributed by atoms with van der Waals surface area (Å²) in [6.07, 6.45) is 0.643. The van der Waals surface area contributed by atoms with E-state index in [0.717, 1.165) is 38.1 Å². The Morgan fingerprint density at radius 1 is 1.05 bits per heavy atom. The van der Waals surface area contributed by atoms with Gasteiger partial charge in [-0.05, 0) is 43.6 Å². The molecule has 0 aliphatic carbocycles. The Bertz CT molecular complexity index is 428. The maximum atomic E-state index is 13.4. The van der Waals surface area contributed by atoms with Crippen LogP contribution in [0.4, 0.5) is 8.78 Å². The first kappa shape index (κ1) is 17.1. The lowest BCUT2D eigenvalue weighted by Crippen LogP contribution is -2.52. The van der Waals surface area contributed by atoms with Crippen LogP contribution in [0.1, 0.15) is 52.2 Å². The molecule has 1 unspecified atom stereocenters. The Morgan fingerprint density at radius 2 is 1.60 bits per heavy atom. The van der Waals surface area contributed by atoms with Crippen LogP contribution in [0, 0.1) is 11.6 Å². The molecule has 4 heteroatoms. The summed E-state index contributed by atoms with van der Waals surface area (Å²) in [5, 5.41) is 10.7. The highest BCUT2D eigenvalue weighted by Gasteiger charge is 2.40. The quantitative estimate of drug-likeness (QED) is 0.821. The second kappa shape index (κ2) is 7.14. The van der Waals surface area contributed by atoms with Gasteiger partial charge in [-0.15, -0.1) is 0 Å². The third-order valence-corrected chi connectivity index (χ3v) is 4.39. The zero-order valence-corrected chi connectivity index (χ0v) is 12.8. The van der Waals surface area contributed by atoms with Crippen LogP contribution < -0.4 is 0 Å². The molecule has 0 saturated carbocycles. The Hall–Kier alpha value is -1.00. The van der Waals surface area contributed by atoms with Crippen LogP contribution in [0.25, 0.3) is 0 Å². The molecule has 0 saturated heterocycles. The third-order valence-electron chi connectivity index (χ3n) is 4.39. The molecule has 0 radical (unpaired) electrons. The number of aliphatic hydroxyl groups excluding tert-OH is 1. The number of benzene rings is 1. The van der Waals surface area contributed by atoms with Gasteiger partial charge in [0.15, 0.2) is 11.6 Å². The average molecular weight is 285 g/mol. The van der Waals surface area contributed by atoms with Crippen molar-refractivity contribution in [3.05, 3.63) is 35.4 Å². The van der Waals surface area contributed by atoms with Crippen molar-refractivity contribution in [1.82, 2.24) is 4.90 Å². The zero-order chi connectivity index (χ0) is 15.3. The summed E-state index contributed by atoms with van der Waals surface area (Å²) < 4.78 is 26.4. The van der Waals surface area contributed by atoms with E-state index in [1.54, 1.807) is 0 Å². The van der Waals surface area contributed by atoms with E-state index in [2.05, 4.69) is 4.90 Å². The lowest BCUT2D eigenvalue weighted by atomic mass is 9.81. The van der Waals surface area contributed by atoms with E-state index in [-0.39, 0.29) is 0 Å². The van der Waals surface area contributed by atoms with Crippen LogP contribution >= 0.6 is 0 Å². The topological polar surface area (TPSA) is 23.5 Å². The number of likely N-dealkylation sites (N-methyl/N-ethyl adjacent to an activating group) is 1. The molecule has 0 aliphatic heterocycles. The highest BCUT2D eigenvalue weighted by atomic mass is 19.2. The van der Waals surface area contributed by atoms with Gasteiger partial charge in [-0.25, -0.2) is 8.78 Å². The highest BCUT2D eigenvalue weighted by Crippen LogP contribution is 2.37. The first-order chi connectivity index (χ1) is 9.46. The summed E-state index contributed by atoms with van der Waals surface area (Å²) in [6.45, 7) is 9.73. The van der Waals surface area contributed by atoms with E-state index in [1.807, 2.05) is 27.7 Å². The van der Waals surface area contributed by atoms with Crippen LogP contribution in [0.5, 0.6) is 0 Å². The molecule has 20 heavy (non-hydrogen) atoms. The molecular weight excluding hydrogens is 260 g/mol. The summed E-state index contributed by atoms with van der Waals surface area (Å²) in [4.78, 5) is 2.19. The molecule has 1 rings (SSSR count). The maximum Gasteiger partial charge on any atom is 0.159 e. The summed E-state index contributed by atoms with van der Waals surface area (Å²) >= 11 is 0. The third kappa shape index (κ3) is 3.01. The predicted octanol–water partition coefficient (Wildman–Crippen LogP) is 3.90. The Morgan fingerprint density at radius 3 is 2.00 bits per heavy atom. The standard InChI is InChI=1S/C16H25F2NO/c1-5-16(6-2,19(7-3)8-4)15(20)12-9-10-13(17)14(18)11-12/h9-11,15,20H,5-8H2,1-4H3. The van der Waals surface area contributed by atoms with E-state index in [9.17, 15) is 13.9 Å². The number of rotatable bonds is 7. The molecule has 0 heterocycles. The molecule has 0 spiro atoms. The minimum Gasteiger partial charge on any atom is -0.386 e. The molecule has 0 aliphatic rings. The fourth-order valence-electron chi connectivity index (χ4n) is 3.10. The monoisotopic (exact) mass is 285 g/mol. The first-order valence-corrected chi connectivity index (χ1v) is 7.34. The van der Waals surface area contributed by atoms with Crippen LogP contribution in [0.15, 0.2) is 18.2 Å². The van der Waals surface area contributed by atoms with E-state index >= 15 is 0 Å². The van der Waals surface area contributed by atoms with E-state index in [0.29, 0.717) is 5.56 Å². The average Bonchev–Trinajstić information content (AvgIpc) is 2.47. The zero-order valence-electron chi connectivity index (χ0n) is 12.8. The highest BCUT2D eigenvalue weighted by molar-refractivity contribution is 5.23. The summed E-state index contributed by atoms with van der Waals surface area (Å²) in [6, 6.07) is 3.64. The summed E-state index contributed by atoms with van der Waals surface area (Å²) in [7, 11) is 0. The second-order valence-corrected chi connectivity index (χ2v) is 5.06. The molecular formula is C16H25F2NO. The molecule has 1 aromatic carbocycles. The minimum absolute atomic E-state index is 0.430. The van der Waals surface area contributed by atoms with Gasteiger partial charge in [0.1, 0.15) is 0 Å². The number of nitrogens with zero attached hydrogens (tertiary/aromatic N) is 1. The fourth-order valence-corrected chi connectivity index (χ4v) is 3.10. The van der Waals surface area contributed by atoms with Gasteiger partial charge in [0.05, 0.1) is 11.6 Å². The normalized spacial score (nSPS) is 13.8. The van der Waals surface area contributed by atoms with E-state index < -0.39 is 23.3 Å². The van der Waals surface area contributed by atoms with Crippen molar-refractivity contribution in [2.75, 3.05) is 13.1 Å². The predicted molar refractivity (Wildman–Crippen MR) is 77.6 cm³/mol. The van der Waals surface area contributed by atoms with Gasteiger partial charge in [0.25, 0.3) is 0 Å². The summed E-state index contributed by atoms with van der Waals surface area (Å²) in [5.74, 6) is -1.80. The molecule has 2 nitrogen and oxygen atoms in total. The van der Waals surface area contributed by atoms with Gasteiger partial charge in [0.2, 0.25) is 0 Å². The van der Waals surface area contributed by atoms with Crippen molar-refractivity contribution in [2.24, 2.45) is 0 Å². The van der Waals surface area contributed by atoms with E-state index in [1.165, 1.54) is 6.07 Å². The number of hydrogen-bond acceptors (Lipinski definition) is 2. The molecule has 1 aromatic rings. The van der Waals surface area contributed by atoms with Crippen molar-refractivity contribution < 1.29 is 13.9 Å². The summed E-state index contributed by atoms with van der Waals surface area (Å²) in [5.41, 5.74) is -0.0205. The van der Waals surface area contributed by atoms with Gasteiger partial charge in [0, 0.05) is 0 Å². The van der Waals surface area contributed by atoms with Crippen LogP contribution in [-0.2, 0) is 0 Å². The molecule has 0 fully saturated rings. The van der Waals surface area contributed by atoms with Crippen LogP contribution in [0.3, 0.4) is 0 Å². The molecule has 114 valence electrons. The van der Waals surface area contributed by atoms with E-state index in [4.69, 9.17) is 0 Å². The van der Waals surface area contributed by atoms with Crippen molar-refractivity contribution in [3.8, 4) is 0 Å². The molecule has 1 atom stereocenters. The second-order valence-electron chi connectivity index (χ2n) is 5.06. The van der Waals surface area contributed by atoms with Crippen LogP contribution in [0.2, 0.25) is 0 Å². The van der Waals surface area contributed by atoms with Crippen molar-refractivity contribution in [2.45, 2.75) is 52.2 Å². The number of hydrogen-bond donors (Lipinski definition) is 1. The van der Waals surface area contributed by atoms with Gasteiger partial charge < -0.3 is 5.11 Å². The Labute approximate surface area is 120 Å². The molecule has 0 bridgehead atoms. The minimum atomic E-state index is -0.915. The Balaban J connectivity index is 3.22. The van der Waals surface area contributed by atoms with Crippen molar-refractivity contribution in [1.29, 1.82) is 0 Å². The molecule has 1 N–H and O–H groups in total. The largest absolute Gasteiger partial charge is 0.386 e. The lowest BCUT2D eigenvalue weighted by Gasteiger charge is -2.46. The van der Waals surface area contributed by atoms with Gasteiger partial charge in [-0.1, -0.05) is 33.8 Å².